The Morgan fingerprint density at radius 2 is 1.93 bits per heavy atom. The van der Waals surface area contributed by atoms with Crippen LogP contribution >= 0.6 is 23.4 Å². The van der Waals surface area contributed by atoms with Crippen LogP contribution in [0.1, 0.15) is 33.3 Å². The van der Waals surface area contributed by atoms with Gasteiger partial charge in [-0.1, -0.05) is 31.5 Å². The van der Waals surface area contributed by atoms with Gasteiger partial charge in [-0.2, -0.15) is 0 Å². The highest BCUT2D eigenvalue weighted by Gasteiger charge is 2.17. The minimum absolute atomic E-state index is 0.510. The summed E-state index contributed by atoms with van der Waals surface area (Å²) < 4.78 is 0. The van der Waals surface area contributed by atoms with E-state index in [1.165, 1.54) is 0 Å². The molecule has 0 bridgehead atoms. The van der Waals surface area contributed by atoms with Gasteiger partial charge in [0.2, 0.25) is 0 Å². The number of hydrogen-bond donors (Lipinski definition) is 1. The Morgan fingerprint density at radius 3 is 2.33 bits per heavy atom. The molecule has 0 amide bonds. The van der Waals surface area contributed by atoms with Crippen molar-refractivity contribution >= 4 is 23.4 Å². The van der Waals surface area contributed by atoms with E-state index in [0.717, 1.165) is 10.5 Å². The van der Waals surface area contributed by atoms with Crippen molar-refractivity contribution < 1.29 is 5.11 Å². The second-order valence-electron chi connectivity index (χ2n) is 4.37. The van der Waals surface area contributed by atoms with Crippen molar-refractivity contribution in [3.05, 3.63) is 28.8 Å². The maximum absolute atomic E-state index is 9.82. The first-order chi connectivity index (χ1) is 6.80. The summed E-state index contributed by atoms with van der Waals surface area (Å²) in [6.45, 7) is 7.78. The molecule has 1 nitrogen and oxygen atoms in total. The number of rotatable bonds is 3. The molecule has 0 aliphatic carbocycles. The predicted octanol–water partition coefficient (Wildman–Crippen LogP) is 4.07. The molecule has 0 radical (unpaired) electrons. The minimum Gasteiger partial charge on any atom is -0.386 e. The Bertz CT molecular complexity index is 342. The maximum atomic E-state index is 9.82. The zero-order valence-electron chi connectivity index (χ0n) is 9.54. The van der Waals surface area contributed by atoms with E-state index >= 15 is 0 Å². The molecule has 0 atom stereocenters. The highest BCUT2D eigenvalue weighted by molar-refractivity contribution is 8.00. The van der Waals surface area contributed by atoms with Crippen LogP contribution in [0.5, 0.6) is 0 Å². The van der Waals surface area contributed by atoms with Gasteiger partial charge in [0.1, 0.15) is 0 Å². The van der Waals surface area contributed by atoms with E-state index in [4.69, 9.17) is 11.6 Å². The Kier molecular flexibility index (Phi) is 4.10. The third-order valence-corrected chi connectivity index (χ3v) is 3.51. The van der Waals surface area contributed by atoms with Gasteiger partial charge in [-0.05, 0) is 31.5 Å². The summed E-state index contributed by atoms with van der Waals surface area (Å²) >= 11 is 7.88. The maximum Gasteiger partial charge on any atom is 0.0841 e. The van der Waals surface area contributed by atoms with Crippen molar-refractivity contribution in [1.82, 2.24) is 0 Å². The van der Waals surface area contributed by atoms with E-state index in [2.05, 4.69) is 13.8 Å². The van der Waals surface area contributed by atoms with Gasteiger partial charge in [0.05, 0.1) is 10.6 Å². The third-order valence-electron chi connectivity index (χ3n) is 2.00. The van der Waals surface area contributed by atoms with Crippen LogP contribution in [-0.4, -0.2) is 10.4 Å². The van der Waals surface area contributed by atoms with Crippen molar-refractivity contribution in [2.45, 2.75) is 43.4 Å². The van der Waals surface area contributed by atoms with Gasteiger partial charge in [0.15, 0.2) is 0 Å². The number of thioether (sulfide) groups is 1. The molecule has 0 aliphatic heterocycles. The largest absolute Gasteiger partial charge is 0.386 e. The molecular weight excluding hydrogens is 228 g/mol. The molecule has 1 aromatic rings. The smallest absolute Gasteiger partial charge is 0.0841 e. The van der Waals surface area contributed by atoms with Crippen LogP contribution in [-0.2, 0) is 5.60 Å². The first-order valence-electron chi connectivity index (χ1n) is 5.00. The topological polar surface area (TPSA) is 20.2 Å². The van der Waals surface area contributed by atoms with Crippen LogP contribution < -0.4 is 0 Å². The van der Waals surface area contributed by atoms with Crippen LogP contribution in [0.4, 0.5) is 0 Å². The van der Waals surface area contributed by atoms with E-state index in [0.29, 0.717) is 10.3 Å². The standard InChI is InChI=1S/C12H17ClOS/c1-8(2)15-11-6-5-9(7-10(11)13)12(3,4)14/h5-8,14H,1-4H3. The lowest BCUT2D eigenvalue weighted by Gasteiger charge is -2.19. The monoisotopic (exact) mass is 244 g/mol. The molecule has 0 saturated carbocycles. The second-order valence-corrected chi connectivity index (χ2v) is 6.40. The molecule has 3 heteroatoms. The third kappa shape index (κ3) is 3.71. The fourth-order valence-corrected chi connectivity index (χ4v) is 2.37. The highest BCUT2D eigenvalue weighted by atomic mass is 35.5. The van der Waals surface area contributed by atoms with Crippen LogP contribution in [0.3, 0.4) is 0 Å². The summed E-state index contributed by atoms with van der Waals surface area (Å²) in [5.74, 6) is 0. The van der Waals surface area contributed by atoms with Gasteiger partial charge in [0.25, 0.3) is 0 Å². The van der Waals surface area contributed by atoms with E-state index in [1.54, 1.807) is 25.6 Å². The Labute approximate surface area is 101 Å². The van der Waals surface area contributed by atoms with E-state index in [-0.39, 0.29) is 0 Å². The van der Waals surface area contributed by atoms with Crippen LogP contribution in [0.2, 0.25) is 5.02 Å². The molecule has 1 rings (SSSR count). The minimum atomic E-state index is -0.829. The van der Waals surface area contributed by atoms with E-state index in [9.17, 15) is 5.11 Å². The van der Waals surface area contributed by atoms with Crippen LogP contribution in [0.15, 0.2) is 23.1 Å². The number of hydrogen-bond acceptors (Lipinski definition) is 2. The molecule has 0 aromatic heterocycles. The van der Waals surface area contributed by atoms with Crippen molar-refractivity contribution in [2.75, 3.05) is 0 Å². The molecule has 84 valence electrons. The van der Waals surface area contributed by atoms with Gasteiger partial charge < -0.3 is 5.11 Å². The average Bonchev–Trinajstić information content (AvgIpc) is 2.05. The van der Waals surface area contributed by atoms with Crippen molar-refractivity contribution in [1.29, 1.82) is 0 Å². The van der Waals surface area contributed by atoms with E-state index < -0.39 is 5.60 Å². The number of halogens is 1. The molecule has 1 aromatic carbocycles. The number of benzene rings is 1. The molecule has 0 unspecified atom stereocenters. The quantitative estimate of drug-likeness (QED) is 0.809. The first kappa shape index (κ1) is 12.9. The summed E-state index contributed by atoms with van der Waals surface area (Å²) in [5.41, 5.74) is 0.0191. The lowest BCUT2D eigenvalue weighted by atomic mass is 9.99. The Balaban J connectivity index is 2.98. The summed E-state index contributed by atoms with van der Waals surface area (Å²) in [4.78, 5) is 1.07. The second kappa shape index (κ2) is 4.77. The predicted molar refractivity (Wildman–Crippen MR) is 67.7 cm³/mol. The fourth-order valence-electron chi connectivity index (χ4n) is 1.23. The zero-order chi connectivity index (χ0) is 11.6. The molecule has 0 aliphatic rings. The van der Waals surface area contributed by atoms with Gasteiger partial charge in [-0.15, -0.1) is 11.8 Å². The Morgan fingerprint density at radius 1 is 1.33 bits per heavy atom. The molecule has 15 heavy (non-hydrogen) atoms. The van der Waals surface area contributed by atoms with Crippen LogP contribution in [0.25, 0.3) is 0 Å². The normalized spacial score (nSPS) is 12.2. The molecule has 0 spiro atoms. The van der Waals surface area contributed by atoms with Gasteiger partial charge in [0, 0.05) is 10.1 Å². The summed E-state index contributed by atoms with van der Waals surface area (Å²) in [5, 5.41) is 11.0. The number of aliphatic hydroxyl groups is 1. The van der Waals surface area contributed by atoms with Crippen LogP contribution in [0, 0.1) is 0 Å². The summed E-state index contributed by atoms with van der Waals surface area (Å²) in [7, 11) is 0. The zero-order valence-corrected chi connectivity index (χ0v) is 11.1. The molecular formula is C12H17ClOS. The average molecular weight is 245 g/mol. The molecule has 1 N–H and O–H groups in total. The van der Waals surface area contributed by atoms with Gasteiger partial charge in [-0.3, -0.25) is 0 Å². The Hall–Kier alpha value is -0.180. The van der Waals surface area contributed by atoms with Gasteiger partial charge >= 0.3 is 0 Å². The van der Waals surface area contributed by atoms with Gasteiger partial charge in [-0.25, -0.2) is 0 Å². The molecule has 0 saturated heterocycles. The molecule has 0 heterocycles. The lowest BCUT2D eigenvalue weighted by molar-refractivity contribution is 0.0785. The highest BCUT2D eigenvalue weighted by Crippen LogP contribution is 2.33. The summed E-state index contributed by atoms with van der Waals surface area (Å²) in [6, 6.07) is 5.74. The SMILES string of the molecule is CC(C)Sc1ccc(C(C)(C)O)cc1Cl. The van der Waals surface area contributed by atoms with E-state index in [1.807, 2.05) is 18.2 Å². The van der Waals surface area contributed by atoms with Crippen molar-refractivity contribution in [3.8, 4) is 0 Å². The first-order valence-corrected chi connectivity index (χ1v) is 6.25. The lowest BCUT2D eigenvalue weighted by Crippen LogP contribution is -2.15. The molecule has 0 fully saturated rings. The summed E-state index contributed by atoms with van der Waals surface area (Å²) in [6.07, 6.45) is 0. The fraction of sp³-hybridized carbons (Fsp3) is 0.500. The van der Waals surface area contributed by atoms with Crippen molar-refractivity contribution in [3.63, 3.8) is 0 Å². The van der Waals surface area contributed by atoms with Crippen molar-refractivity contribution in [2.24, 2.45) is 0 Å².